The Morgan fingerprint density at radius 3 is 2.46 bits per heavy atom. The van der Waals surface area contributed by atoms with Gasteiger partial charge < -0.3 is 19.9 Å². The molecule has 0 radical (unpaired) electrons. The van der Waals surface area contributed by atoms with Crippen LogP contribution in [0, 0.1) is 0 Å². The van der Waals surface area contributed by atoms with Crippen LogP contribution in [0.15, 0.2) is 18.2 Å². The van der Waals surface area contributed by atoms with Crippen molar-refractivity contribution in [2.24, 2.45) is 0 Å². The Morgan fingerprint density at radius 2 is 1.92 bits per heavy atom. The van der Waals surface area contributed by atoms with Crippen LogP contribution in [-0.4, -0.2) is 61.4 Å². The number of carbonyl (C=O) groups is 1. The van der Waals surface area contributed by atoms with Gasteiger partial charge in [-0.3, -0.25) is 9.69 Å². The molecule has 0 aromatic heterocycles. The molecule has 6 heteroatoms. The number of carboxylic acid groups (broad SMARTS) is 1. The number of aliphatic carboxylic acids is 1. The van der Waals surface area contributed by atoms with Crippen molar-refractivity contribution in [3.8, 4) is 11.5 Å². The molecule has 0 heterocycles. The Morgan fingerprint density at radius 1 is 1.27 bits per heavy atom. The van der Waals surface area contributed by atoms with E-state index in [-0.39, 0.29) is 6.54 Å². The first-order valence-electron chi connectivity index (χ1n) is 9.33. The van der Waals surface area contributed by atoms with Crippen molar-refractivity contribution in [3.63, 3.8) is 0 Å². The summed E-state index contributed by atoms with van der Waals surface area (Å²) in [7, 11) is 3.29. The number of benzene rings is 1. The highest BCUT2D eigenvalue weighted by molar-refractivity contribution is 5.69. The molecule has 1 saturated carbocycles. The molecule has 2 N–H and O–H groups in total. The Hall–Kier alpha value is -1.79. The fraction of sp³-hybridized carbons (Fsp3) is 0.650. The summed E-state index contributed by atoms with van der Waals surface area (Å²) in [5, 5.41) is 12.7. The molecule has 0 amide bonds. The minimum Gasteiger partial charge on any atom is -0.493 e. The molecule has 1 aliphatic carbocycles. The van der Waals surface area contributed by atoms with Gasteiger partial charge in [-0.2, -0.15) is 0 Å². The van der Waals surface area contributed by atoms with Crippen molar-refractivity contribution < 1.29 is 19.4 Å². The number of rotatable bonds is 10. The van der Waals surface area contributed by atoms with Crippen molar-refractivity contribution in [3.05, 3.63) is 23.8 Å². The zero-order valence-corrected chi connectivity index (χ0v) is 16.5. The van der Waals surface area contributed by atoms with Gasteiger partial charge in [0.05, 0.1) is 20.8 Å². The summed E-state index contributed by atoms with van der Waals surface area (Å²) >= 11 is 0. The van der Waals surface area contributed by atoms with E-state index in [0.29, 0.717) is 24.0 Å². The SMILES string of the molecule is CCN(CC(=O)O)C1CC(NC(C)C(C)c2ccc(OC)c(OC)c2)C1. The van der Waals surface area contributed by atoms with Gasteiger partial charge in [-0.1, -0.05) is 19.9 Å². The first-order valence-corrected chi connectivity index (χ1v) is 9.33. The highest BCUT2D eigenvalue weighted by Gasteiger charge is 2.35. The van der Waals surface area contributed by atoms with Crippen LogP contribution >= 0.6 is 0 Å². The summed E-state index contributed by atoms with van der Waals surface area (Å²) in [6.07, 6.45) is 2.01. The predicted molar refractivity (Wildman–Crippen MR) is 102 cm³/mol. The fourth-order valence-corrected chi connectivity index (χ4v) is 3.64. The van der Waals surface area contributed by atoms with Crippen LogP contribution in [0.1, 0.15) is 45.1 Å². The normalized spacial score (nSPS) is 21.8. The zero-order chi connectivity index (χ0) is 19.3. The van der Waals surface area contributed by atoms with Gasteiger partial charge in [-0.15, -0.1) is 0 Å². The highest BCUT2D eigenvalue weighted by Crippen LogP contribution is 2.33. The summed E-state index contributed by atoms with van der Waals surface area (Å²) in [6.45, 7) is 7.33. The van der Waals surface area contributed by atoms with E-state index in [1.807, 2.05) is 24.0 Å². The second kappa shape index (κ2) is 9.24. The molecular weight excluding hydrogens is 332 g/mol. The van der Waals surface area contributed by atoms with Crippen LogP contribution in [0.3, 0.4) is 0 Å². The summed E-state index contributed by atoms with van der Waals surface area (Å²) in [5.41, 5.74) is 1.21. The van der Waals surface area contributed by atoms with Crippen LogP contribution in [0.25, 0.3) is 0 Å². The first kappa shape index (κ1) is 20.5. The van der Waals surface area contributed by atoms with E-state index in [2.05, 4.69) is 25.2 Å². The third-order valence-electron chi connectivity index (χ3n) is 5.56. The monoisotopic (exact) mass is 364 g/mol. The van der Waals surface area contributed by atoms with E-state index in [4.69, 9.17) is 14.6 Å². The minimum atomic E-state index is -0.751. The Bertz CT molecular complexity index is 601. The molecule has 2 atom stereocenters. The predicted octanol–water partition coefficient (Wildman–Crippen LogP) is 2.72. The van der Waals surface area contributed by atoms with Gasteiger partial charge in [0.15, 0.2) is 11.5 Å². The topological polar surface area (TPSA) is 71.0 Å². The van der Waals surface area contributed by atoms with Crippen molar-refractivity contribution in [1.29, 1.82) is 0 Å². The van der Waals surface area contributed by atoms with Crippen LogP contribution in [-0.2, 0) is 4.79 Å². The lowest BCUT2D eigenvalue weighted by Gasteiger charge is -2.44. The molecule has 26 heavy (non-hydrogen) atoms. The largest absolute Gasteiger partial charge is 0.493 e. The van der Waals surface area contributed by atoms with E-state index in [1.54, 1.807) is 14.2 Å². The number of hydrogen-bond donors (Lipinski definition) is 2. The Labute approximate surface area is 156 Å². The molecule has 2 unspecified atom stereocenters. The van der Waals surface area contributed by atoms with Crippen LogP contribution in [0.2, 0.25) is 0 Å². The molecule has 1 aromatic carbocycles. The molecule has 1 aliphatic rings. The average Bonchev–Trinajstić information content (AvgIpc) is 2.60. The van der Waals surface area contributed by atoms with Gasteiger partial charge in [0, 0.05) is 18.1 Å². The van der Waals surface area contributed by atoms with E-state index in [9.17, 15) is 4.79 Å². The van der Waals surface area contributed by atoms with Gasteiger partial charge in [0.2, 0.25) is 0 Å². The molecule has 0 aliphatic heterocycles. The maximum absolute atomic E-state index is 10.9. The van der Waals surface area contributed by atoms with Gasteiger partial charge in [0.25, 0.3) is 0 Å². The van der Waals surface area contributed by atoms with Gasteiger partial charge in [-0.25, -0.2) is 0 Å². The summed E-state index contributed by atoms with van der Waals surface area (Å²) in [5.74, 6) is 1.07. The summed E-state index contributed by atoms with van der Waals surface area (Å²) < 4.78 is 10.7. The first-order chi connectivity index (χ1) is 12.4. The third kappa shape index (κ3) is 4.89. The molecule has 2 rings (SSSR count). The molecule has 6 nitrogen and oxygen atoms in total. The fourth-order valence-electron chi connectivity index (χ4n) is 3.64. The number of likely N-dealkylation sites (N-methyl/N-ethyl adjacent to an activating group) is 1. The Balaban J connectivity index is 1.88. The second-order valence-corrected chi connectivity index (χ2v) is 7.14. The molecule has 146 valence electrons. The average molecular weight is 364 g/mol. The summed E-state index contributed by atoms with van der Waals surface area (Å²) in [6, 6.07) is 7.20. The standard InChI is InChI=1S/C20H32N2O4/c1-6-22(12-20(23)24)17-10-16(11-17)21-14(3)13(2)15-7-8-18(25-4)19(9-15)26-5/h7-9,13-14,16-17,21H,6,10-12H2,1-5H3,(H,23,24). The maximum Gasteiger partial charge on any atom is 0.317 e. The van der Waals surface area contributed by atoms with Crippen LogP contribution in [0.5, 0.6) is 11.5 Å². The molecule has 0 spiro atoms. The zero-order valence-electron chi connectivity index (χ0n) is 16.5. The van der Waals surface area contributed by atoms with Crippen molar-refractivity contribution >= 4 is 5.97 Å². The highest BCUT2D eigenvalue weighted by atomic mass is 16.5. The quantitative estimate of drug-likeness (QED) is 0.665. The van der Waals surface area contributed by atoms with Crippen LogP contribution in [0.4, 0.5) is 0 Å². The van der Waals surface area contributed by atoms with Gasteiger partial charge >= 0.3 is 5.97 Å². The maximum atomic E-state index is 10.9. The van der Waals surface area contributed by atoms with Crippen molar-refractivity contribution in [2.75, 3.05) is 27.3 Å². The smallest absolute Gasteiger partial charge is 0.317 e. The number of methoxy groups -OCH3 is 2. The van der Waals surface area contributed by atoms with Crippen molar-refractivity contribution in [2.45, 2.75) is 57.7 Å². The molecule has 1 aromatic rings. The van der Waals surface area contributed by atoms with E-state index >= 15 is 0 Å². The van der Waals surface area contributed by atoms with Crippen LogP contribution < -0.4 is 14.8 Å². The lowest BCUT2D eigenvalue weighted by Crippen LogP contribution is -2.55. The van der Waals surface area contributed by atoms with E-state index in [1.165, 1.54) is 5.56 Å². The molecule has 0 bridgehead atoms. The number of nitrogens with one attached hydrogen (secondary N) is 1. The molecule has 1 fully saturated rings. The minimum absolute atomic E-state index is 0.130. The number of hydrogen-bond acceptors (Lipinski definition) is 5. The molecule has 0 saturated heterocycles. The van der Waals surface area contributed by atoms with Gasteiger partial charge in [-0.05, 0) is 49.9 Å². The number of carboxylic acids is 1. The van der Waals surface area contributed by atoms with Gasteiger partial charge in [0.1, 0.15) is 0 Å². The Kier molecular flexibility index (Phi) is 7.29. The number of ether oxygens (including phenoxy) is 2. The lowest BCUT2D eigenvalue weighted by atomic mass is 9.83. The third-order valence-corrected chi connectivity index (χ3v) is 5.56. The number of nitrogens with zero attached hydrogens (tertiary/aromatic N) is 1. The molecular formula is C20H32N2O4. The van der Waals surface area contributed by atoms with E-state index in [0.717, 1.165) is 30.9 Å². The summed E-state index contributed by atoms with van der Waals surface area (Å²) in [4.78, 5) is 13.0. The van der Waals surface area contributed by atoms with Crippen molar-refractivity contribution in [1.82, 2.24) is 10.2 Å². The van der Waals surface area contributed by atoms with E-state index < -0.39 is 5.97 Å². The lowest BCUT2D eigenvalue weighted by molar-refractivity contribution is -0.139. The second-order valence-electron chi connectivity index (χ2n) is 7.14.